The molecule has 1 aliphatic heterocycles. The second kappa shape index (κ2) is 5.37. The van der Waals surface area contributed by atoms with Crippen molar-refractivity contribution < 1.29 is 9.13 Å². The number of halogens is 1. The predicted octanol–water partition coefficient (Wildman–Crippen LogP) is 3.43. The van der Waals surface area contributed by atoms with Crippen LogP contribution in [0.3, 0.4) is 0 Å². The Balaban J connectivity index is 2.28. The fraction of sp³-hybridized carbons (Fsp3) is 0.600. The van der Waals surface area contributed by atoms with Crippen LogP contribution in [0.4, 0.5) is 4.39 Å². The minimum Gasteiger partial charge on any atom is -0.364 e. The van der Waals surface area contributed by atoms with E-state index in [0.717, 1.165) is 19.4 Å². The van der Waals surface area contributed by atoms with Crippen LogP contribution in [-0.2, 0) is 4.74 Å². The molecule has 1 saturated heterocycles. The quantitative estimate of drug-likeness (QED) is 0.888. The van der Waals surface area contributed by atoms with Crippen molar-refractivity contribution in [3.63, 3.8) is 0 Å². The Labute approximate surface area is 109 Å². The second-order valence-electron chi connectivity index (χ2n) is 5.12. The molecule has 1 aliphatic rings. The van der Waals surface area contributed by atoms with Crippen molar-refractivity contribution in [2.75, 3.05) is 6.54 Å². The fourth-order valence-corrected chi connectivity index (χ4v) is 2.57. The van der Waals surface area contributed by atoms with Crippen LogP contribution in [0.2, 0.25) is 0 Å². The highest BCUT2D eigenvalue weighted by Crippen LogP contribution is 2.35. The van der Waals surface area contributed by atoms with Crippen molar-refractivity contribution in [2.45, 2.75) is 51.4 Å². The molecular formula is C15H22FNO. The van der Waals surface area contributed by atoms with E-state index in [1.54, 1.807) is 6.07 Å². The van der Waals surface area contributed by atoms with Gasteiger partial charge in [-0.1, -0.05) is 32.0 Å². The van der Waals surface area contributed by atoms with Crippen molar-refractivity contribution >= 4 is 0 Å². The van der Waals surface area contributed by atoms with E-state index in [1.807, 2.05) is 19.1 Å². The lowest BCUT2D eigenvalue weighted by molar-refractivity contribution is -0.140. The number of hydrogen-bond acceptors (Lipinski definition) is 2. The maximum atomic E-state index is 13.9. The van der Waals surface area contributed by atoms with Gasteiger partial charge in [-0.2, -0.15) is 0 Å². The van der Waals surface area contributed by atoms with Gasteiger partial charge >= 0.3 is 0 Å². The van der Waals surface area contributed by atoms with Gasteiger partial charge in [-0.3, -0.25) is 0 Å². The smallest absolute Gasteiger partial charge is 0.129 e. The molecule has 1 aromatic carbocycles. The molecule has 0 amide bonds. The van der Waals surface area contributed by atoms with Crippen LogP contribution in [0.15, 0.2) is 24.3 Å². The molecule has 18 heavy (non-hydrogen) atoms. The lowest BCUT2D eigenvalue weighted by Crippen LogP contribution is -2.54. The van der Waals surface area contributed by atoms with E-state index in [4.69, 9.17) is 4.74 Å². The first-order valence-corrected chi connectivity index (χ1v) is 6.77. The Hall–Kier alpha value is -0.930. The second-order valence-corrected chi connectivity index (χ2v) is 5.12. The first-order valence-electron chi connectivity index (χ1n) is 6.77. The predicted molar refractivity (Wildman–Crippen MR) is 71.0 cm³/mol. The van der Waals surface area contributed by atoms with E-state index in [1.165, 1.54) is 6.07 Å². The zero-order chi connectivity index (χ0) is 13.2. The lowest BCUT2D eigenvalue weighted by Gasteiger charge is -2.44. The Morgan fingerprint density at radius 1 is 1.33 bits per heavy atom. The molecule has 1 N–H and O–H groups in total. The Kier molecular flexibility index (Phi) is 4.03. The molecule has 100 valence electrons. The van der Waals surface area contributed by atoms with E-state index < -0.39 is 0 Å². The molecule has 2 atom stereocenters. The van der Waals surface area contributed by atoms with Crippen molar-refractivity contribution in [1.29, 1.82) is 0 Å². The number of benzene rings is 1. The molecule has 0 spiro atoms. The minimum absolute atomic E-state index is 0.133. The summed E-state index contributed by atoms with van der Waals surface area (Å²) >= 11 is 0. The van der Waals surface area contributed by atoms with Gasteiger partial charge < -0.3 is 10.1 Å². The fourth-order valence-electron chi connectivity index (χ4n) is 2.57. The third kappa shape index (κ3) is 2.43. The molecule has 2 nitrogen and oxygen atoms in total. The maximum Gasteiger partial charge on any atom is 0.129 e. The highest BCUT2D eigenvalue weighted by atomic mass is 19.1. The van der Waals surface area contributed by atoms with E-state index >= 15 is 0 Å². The third-order valence-corrected chi connectivity index (χ3v) is 4.08. The highest BCUT2D eigenvalue weighted by molar-refractivity contribution is 5.22. The SMILES string of the molecule is CCC1(CC)CNC(C)C(c2ccccc2F)O1. The molecule has 1 aromatic rings. The van der Waals surface area contributed by atoms with Crippen LogP contribution in [-0.4, -0.2) is 18.2 Å². The average molecular weight is 251 g/mol. The van der Waals surface area contributed by atoms with Gasteiger partial charge in [-0.25, -0.2) is 4.39 Å². The number of morpholine rings is 1. The van der Waals surface area contributed by atoms with Crippen molar-refractivity contribution in [2.24, 2.45) is 0 Å². The van der Waals surface area contributed by atoms with Gasteiger partial charge in [0.05, 0.1) is 5.60 Å². The summed E-state index contributed by atoms with van der Waals surface area (Å²) in [5.74, 6) is -0.181. The summed E-state index contributed by atoms with van der Waals surface area (Å²) in [6, 6.07) is 7.03. The molecule has 3 heteroatoms. The maximum absolute atomic E-state index is 13.9. The lowest BCUT2D eigenvalue weighted by atomic mass is 9.91. The van der Waals surface area contributed by atoms with Crippen LogP contribution < -0.4 is 5.32 Å². The summed E-state index contributed by atoms with van der Waals surface area (Å²) in [7, 11) is 0. The van der Waals surface area contributed by atoms with E-state index in [2.05, 4.69) is 19.2 Å². The molecule has 1 fully saturated rings. The summed E-state index contributed by atoms with van der Waals surface area (Å²) in [5, 5.41) is 3.46. The largest absolute Gasteiger partial charge is 0.364 e. The van der Waals surface area contributed by atoms with E-state index in [9.17, 15) is 4.39 Å². The van der Waals surface area contributed by atoms with Gasteiger partial charge in [0.2, 0.25) is 0 Å². The molecule has 1 heterocycles. The Morgan fingerprint density at radius 3 is 2.61 bits per heavy atom. The van der Waals surface area contributed by atoms with Gasteiger partial charge in [-0.15, -0.1) is 0 Å². The summed E-state index contributed by atoms with van der Waals surface area (Å²) in [6.07, 6.45) is 1.67. The Bertz CT molecular complexity index is 403. The standard InChI is InChI=1S/C15H22FNO/c1-4-15(5-2)10-17-11(3)14(18-15)12-8-6-7-9-13(12)16/h6-9,11,14,17H,4-5,10H2,1-3H3. The van der Waals surface area contributed by atoms with Crippen molar-refractivity contribution in [3.8, 4) is 0 Å². The molecule has 0 bridgehead atoms. The van der Waals surface area contributed by atoms with Crippen LogP contribution in [0, 0.1) is 5.82 Å². The third-order valence-electron chi connectivity index (χ3n) is 4.08. The summed E-state index contributed by atoms with van der Waals surface area (Å²) in [5.41, 5.74) is 0.489. The zero-order valence-electron chi connectivity index (χ0n) is 11.4. The molecule has 0 aliphatic carbocycles. The number of rotatable bonds is 3. The summed E-state index contributed by atoms with van der Waals surface area (Å²) in [6.45, 7) is 7.14. The number of hydrogen-bond donors (Lipinski definition) is 1. The molecule has 0 radical (unpaired) electrons. The van der Waals surface area contributed by atoms with Gasteiger partial charge in [0.25, 0.3) is 0 Å². The van der Waals surface area contributed by atoms with Crippen LogP contribution in [0.25, 0.3) is 0 Å². The Morgan fingerprint density at radius 2 is 2.00 bits per heavy atom. The topological polar surface area (TPSA) is 21.3 Å². The molecular weight excluding hydrogens is 229 g/mol. The molecule has 0 aromatic heterocycles. The van der Waals surface area contributed by atoms with Gasteiger partial charge in [-0.05, 0) is 25.8 Å². The zero-order valence-corrected chi connectivity index (χ0v) is 11.4. The first-order chi connectivity index (χ1) is 8.62. The number of ether oxygens (including phenoxy) is 1. The normalized spacial score (nSPS) is 27.1. The van der Waals surface area contributed by atoms with Crippen LogP contribution in [0.1, 0.15) is 45.3 Å². The van der Waals surface area contributed by atoms with Gasteiger partial charge in [0.1, 0.15) is 11.9 Å². The van der Waals surface area contributed by atoms with Crippen LogP contribution in [0.5, 0.6) is 0 Å². The summed E-state index contributed by atoms with van der Waals surface area (Å²) < 4.78 is 20.1. The highest BCUT2D eigenvalue weighted by Gasteiger charge is 2.39. The van der Waals surface area contributed by atoms with Crippen molar-refractivity contribution in [1.82, 2.24) is 5.32 Å². The van der Waals surface area contributed by atoms with Gasteiger partial charge in [0, 0.05) is 18.2 Å². The van der Waals surface area contributed by atoms with E-state index in [0.29, 0.717) is 5.56 Å². The van der Waals surface area contributed by atoms with E-state index in [-0.39, 0.29) is 23.6 Å². The minimum atomic E-state index is -0.208. The van der Waals surface area contributed by atoms with Crippen molar-refractivity contribution in [3.05, 3.63) is 35.6 Å². The molecule has 0 saturated carbocycles. The summed E-state index contributed by atoms with van der Waals surface area (Å²) in [4.78, 5) is 0. The number of nitrogens with one attached hydrogen (secondary N) is 1. The van der Waals surface area contributed by atoms with Crippen LogP contribution >= 0.6 is 0 Å². The molecule has 2 rings (SSSR count). The monoisotopic (exact) mass is 251 g/mol. The average Bonchev–Trinajstić information content (AvgIpc) is 2.41. The first kappa shape index (κ1) is 13.5. The van der Waals surface area contributed by atoms with Gasteiger partial charge in [0.15, 0.2) is 0 Å². The molecule has 2 unspecified atom stereocenters.